The molecule has 0 saturated heterocycles. The molecule has 5 rings (SSSR count). The number of hydrogen-bond acceptors (Lipinski definition) is 4. The second-order valence-corrected chi connectivity index (χ2v) is 7.79. The third-order valence-electron chi connectivity index (χ3n) is 5.89. The summed E-state index contributed by atoms with van der Waals surface area (Å²) in [6, 6.07) is 7.29. The van der Waals surface area contributed by atoms with E-state index in [0.717, 1.165) is 16.7 Å². The molecule has 1 N–H and O–H groups in total. The van der Waals surface area contributed by atoms with Crippen LogP contribution in [0.1, 0.15) is 43.0 Å². The summed E-state index contributed by atoms with van der Waals surface area (Å²) in [4.78, 5) is 48.7. The van der Waals surface area contributed by atoms with Crippen LogP contribution in [0.4, 0.5) is 4.39 Å². The van der Waals surface area contributed by atoms with Crippen molar-refractivity contribution in [1.29, 1.82) is 0 Å². The minimum atomic E-state index is -0.420. The van der Waals surface area contributed by atoms with Crippen molar-refractivity contribution in [3.05, 3.63) is 98.5 Å². The fourth-order valence-corrected chi connectivity index (χ4v) is 4.26. The zero-order chi connectivity index (χ0) is 21.5. The Morgan fingerprint density at radius 1 is 0.935 bits per heavy atom. The predicted molar refractivity (Wildman–Crippen MR) is 110 cm³/mol. The number of halogens is 1. The number of H-pyrrole nitrogens is 1. The summed E-state index contributed by atoms with van der Waals surface area (Å²) in [5, 5.41) is 0. The van der Waals surface area contributed by atoms with Gasteiger partial charge in [-0.2, -0.15) is 0 Å². The second kappa shape index (κ2) is 7.46. The molecule has 7 nitrogen and oxygen atoms in total. The largest absolute Gasteiger partial charge is 0.334 e. The van der Waals surface area contributed by atoms with Gasteiger partial charge in [0.2, 0.25) is 0 Å². The summed E-state index contributed by atoms with van der Waals surface area (Å²) in [6.07, 6.45) is 5.40. The average Bonchev–Trinajstić information content (AvgIpc) is 3.23. The molecule has 0 saturated carbocycles. The molecule has 156 valence electrons. The van der Waals surface area contributed by atoms with Crippen molar-refractivity contribution in [2.45, 2.75) is 26.1 Å². The Hall–Kier alpha value is -3.81. The molecule has 0 atom stereocenters. The number of carbonyl (C=O) groups is 2. The first-order chi connectivity index (χ1) is 15.0. The van der Waals surface area contributed by atoms with Gasteiger partial charge in [0.05, 0.1) is 0 Å². The smallest absolute Gasteiger partial charge is 0.261 e. The maximum Gasteiger partial charge on any atom is 0.261 e. The lowest BCUT2D eigenvalue weighted by molar-refractivity contribution is 0.0730. The molecule has 8 heteroatoms. The summed E-state index contributed by atoms with van der Waals surface area (Å²) in [7, 11) is 0. The lowest BCUT2D eigenvalue weighted by Crippen LogP contribution is -2.39. The van der Waals surface area contributed by atoms with Crippen LogP contribution < -0.4 is 5.56 Å². The van der Waals surface area contributed by atoms with Crippen LogP contribution >= 0.6 is 0 Å². The molecule has 3 aromatic rings. The van der Waals surface area contributed by atoms with Crippen LogP contribution in [0.5, 0.6) is 0 Å². The van der Waals surface area contributed by atoms with E-state index in [1.54, 1.807) is 28.4 Å². The normalized spacial score (nSPS) is 14.9. The van der Waals surface area contributed by atoms with Crippen molar-refractivity contribution < 1.29 is 14.0 Å². The third-order valence-corrected chi connectivity index (χ3v) is 5.89. The van der Waals surface area contributed by atoms with Crippen LogP contribution in [0.25, 0.3) is 0 Å². The zero-order valence-electron chi connectivity index (χ0n) is 16.6. The molecule has 0 fully saturated rings. The number of fused-ring (bicyclic) bond motifs is 2. The minimum Gasteiger partial charge on any atom is -0.334 e. The third kappa shape index (κ3) is 3.39. The van der Waals surface area contributed by atoms with Crippen molar-refractivity contribution >= 4 is 11.8 Å². The van der Waals surface area contributed by atoms with E-state index in [-0.39, 0.29) is 23.9 Å². The van der Waals surface area contributed by atoms with Crippen LogP contribution in [0.3, 0.4) is 0 Å². The Labute approximate surface area is 177 Å². The van der Waals surface area contributed by atoms with Crippen molar-refractivity contribution in [1.82, 2.24) is 19.8 Å². The number of amides is 2. The van der Waals surface area contributed by atoms with Crippen molar-refractivity contribution in [3.63, 3.8) is 0 Å². The molecule has 2 aliphatic rings. The quantitative estimate of drug-likeness (QED) is 0.692. The van der Waals surface area contributed by atoms with Crippen LogP contribution in [0.2, 0.25) is 0 Å². The van der Waals surface area contributed by atoms with Gasteiger partial charge in [-0.15, -0.1) is 0 Å². The monoisotopic (exact) mass is 418 g/mol. The molecule has 4 heterocycles. The van der Waals surface area contributed by atoms with E-state index in [0.29, 0.717) is 37.2 Å². The van der Waals surface area contributed by atoms with E-state index in [9.17, 15) is 18.8 Å². The summed E-state index contributed by atoms with van der Waals surface area (Å²) in [6.45, 7) is 1.50. The van der Waals surface area contributed by atoms with Crippen molar-refractivity contribution in [2.75, 3.05) is 6.54 Å². The van der Waals surface area contributed by atoms with Crippen molar-refractivity contribution in [2.24, 2.45) is 0 Å². The maximum absolute atomic E-state index is 13.2. The van der Waals surface area contributed by atoms with Gasteiger partial charge >= 0.3 is 0 Å². The first-order valence-electron chi connectivity index (χ1n) is 10.0. The van der Waals surface area contributed by atoms with E-state index in [1.807, 2.05) is 6.07 Å². The topological polar surface area (TPSA) is 86.4 Å². The van der Waals surface area contributed by atoms with Gasteiger partial charge in [0, 0.05) is 50.3 Å². The number of nitrogens with zero attached hydrogens (tertiary/aromatic N) is 3. The number of carbonyl (C=O) groups excluding carboxylic acids is 2. The number of pyridine rings is 2. The van der Waals surface area contributed by atoms with Gasteiger partial charge in [0.15, 0.2) is 0 Å². The van der Waals surface area contributed by atoms with Crippen molar-refractivity contribution in [3.8, 4) is 0 Å². The number of rotatable bonds is 2. The Kier molecular flexibility index (Phi) is 4.62. The molecular formula is C23H19FN4O3. The summed E-state index contributed by atoms with van der Waals surface area (Å²) in [5.74, 6) is -0.930. The first-order valence-corrected chi connectivity index (χ1v) is 10.0. The maximum atomic E-state index is 13.2. The van der Waals surface area contributed by atoms with Gasteiger partial charge < -0.3 is 14.8 Å². The first kappa shape index (κ1) is 19.2. The highest BCUT2D eigenvalue weighted by atomic mass is 19.1. The van der Waals surface area contributed by atoms with E-state index in [1.165, 1.54) is 24.3 Å². The van der Waals surface area contributed by atoms with E-state index < -0.39 is 11.4 Å². The fourth-order valence-electron chi connectivity index (χ4n) is 4.26. The van der Waals surface area contributed by atoms with Gasteiger partial charge in [-0.1, -0.05) is 0 Å². The number of aromatic nitrogens is 2. The van der Waals surface area contributed by atoms with Gasteiger partial charge in [0.1, 0.15) is 11.4 Å². The molecule has 31 heavy (non-hydrogen) atoms. The molecule has 0 radical (unpaired) electrons. The number of benzene rings is 1. The Bertz CT molecular complexity index is 1230. The second-order valence-electron chi connectivity index (χ2n) is 7.79. The highest BCUT2D eigenvalue weighted by Gasteiger charge is 2.31. The lowest BCUT2D eigenvalue weighted by Gasteiger charge is -2.30. The average molecular weight is 418 g/mol. The molecule has 0 bridgehead atoms. The van der Waals surface area contributed by atoms with Gasteiger partial charge in [-0.3, -0.25) is 19.4 Å². The molecule has 2 aliphatic heterocycles. The minimum absolute atomic E-state index is 0.146. The van der Waals surface area contributed by atoms with Gasteiger partial charge in [-0.25, -0.2) is 4.39 Å². The lowest BCUT2D eigenvalue weighted by atomic mass is 9.95. The zero-order valence-corrected chi connectivity index (χ0v) is 16.6. The Balaban J connectivity index is 1.41. The highest BCUT2D eigenvalue weighted by Crippen LogP contribution is 2.26. The molecule has 0 aliphatic carbocycles. The standard InChI is InChI=1S/C23H19FN4O3/c24-18-3-1-14(2-4-18)22(30)27-8-6-19-17(13-27)10-26-21(29)20(19)23(31)28-11-15-5-7-25-9-16(15)12-28/h1-5,7,9-10H,6,8,11-13H2,(H,26,29). The van der Waals surface area contributed by atoms with Gasteiger partial charge in [0.25, 0.3) is 17.4 Å². The SMILES string of the molecule is O=C(c1ccc(F)cc1)N1CCc2c(c[nH]c(=O)c2C(=O)N2Cc3ccncc3C2)C1. The summed E-state index contributed by atoms with van der Waals surface area (Å²) < 4.78 is 13.2. The molecule has 0 spiro atoms. The summed E-state index contributed by atoms with van der Waals surface area (Å²) >= 11 is 0. The predicted octanol–water partition coefficient (Wildman–Crippen LogP) is 2.26. The van der Waals surface area contributed by atoms with Crippen LogP contribution in [0, 0.1) is 5.82 Å². The number of aromatic amines is 1. The Morgan fingerprint density at radius 2 is 1.68 bits per heavy atom. The highest BCUT2D eigenvalue weighted by molar-refractivity contribution is 5.97. The van der Waals surface area contributed by atoms with Crippen LogP contribution in [-0.2, 0) is 26.1 Å². The fraction of sp³-hybridized carbons (Fsp3) is 0.217. The van der Waals surface area contributed by atoms with E-state index in [2.05, 4.69) is 9.97 Å². The van der Waals surface area contributed by atoms with Gasteiger partial charge in [-0.05, 0) is 59.0 Å². The molecule has 2 aromatic heterocycles. The summed E-state index contributed by atoms with van der Waals surface area (Å²) in [5.41, 5.74) is 3.56. The van der Waals surface area contributed by atoms with Crippen LogP contribution in [0.15, 0.2) is 53.7 Å². The van der Waals surface area contributed by atoms with E-state index in [4.69, 9.17) is 0 Å². The number of nitrogens with one attached hydrogen (secondary N) is 1. The molecule has 1 aromatic carbocycles. The molecule has 2 amide bonds. The number of hydrogen-bond donors (Lipinski definition) is 1. The van der Waals surface area contributed by atoms with Crippen LogP contribution in [-0.4, -0.2) is 38.1 Å². The Morgan fingerprint density at radius 3 is 2.45 bits per heavy atom. The molecule has 0 unspecified atom stereocenters. The molecular weight excluding hydrogens is 399 g/mol. The van der Waals surface area contributed by atoms with E-state index >= 15 is 0 Å².